The lowest BCUT2D eigenvalue weighted by atomic mass is 10.4. The number of H-pyrrole nitrogens is 1. The van der Waals surface area contributed by atoms with E-state index in [1.54, 1.807) is 6.92 Å². The molecule has 0 aliphatic heterocycles. The quantitative estimate of drug-likeness (QED) is 0.629. The summed E-state index contributed by atoms with van der Waals surface area (Å²) in [7, 11) is 0. The van der Waals surface area contributed by atoms with Crippen LogP contribution in [0.3, 0.4) is 0 Å². The minimum atomic E-state index is -0.145. The Bertz CT molecular complexity index is 283. The second-order valence-corrected chi connectivity index (χ2v) is 2.04. The number of aromatic nitrogens is 2. The largest absolute Gasteiger partial charge is 0.324 e. The van der Waals surface area contributed by atoms with Crippen LogP contribution in [0.25, 0.3) is 0 Å². The number of aryl methyl sites for hydroxylation is 1. The molecule has 0 aliphatic carbocycles. The summed E-state index contributed by atoms with van der Waals surface area (Å²) < 4.78 is 0. The first-order chi connectivity index (χ1) is 4.72. The van der Waals surface area contributed by atoms with Crippen LogP contribution in [0.1, 0.15) is 11.5 Å². The molecule has 0 aromatic carbocycles. The van der Waals surface area contributed by atoms with E-state index in [-0.39, 0.29) is 24.5 Å². The van der Waals surface area contributed by atoms with Crippen LogP contribution < -0.4 is 11.3 Å². The molecule has 11 heavy (non-hydrogen) atoms. The summed E-state index contributed by atoms with van der Waals surface area (Å²) in [4.78, 5) is 17.2. The first-order valence-electron chi connectivity index (χ1n) is 2.99. The van der Waals surface area contributed by atoms with E-state index in [1.165, 1.54) is 6.07 Å². The molecule has 0 spiro atoms. The SMILES string of the molecule is Cc1cc(=O)[nH]c(CN)n1.Cl. The van der Waals surface area contributed by atoms with Gasteiger partial charge >= 0.3 is 0 Å². The zero-order valence-corrected chi connectivity index (χ0v) is 6.94. The van der Waals surface area contributed by atoms with Crippen molar-refractivity contribution in [3.63, 3.8) is 0 Å². The Morgan fingerprint density at radius 3 is 2.82 bits per heavy atom. The molecule has 1 rings (SSSR count). The number of hydrogen-bond donors (Lipinski definition) is 2. The second-order valence-electron chi connectivity index (χ2n) is 2.04. The highest BCUT2D eigenvalue weighted by Gasteiger charge is 1.92. The molecule has 0 fully saturated rings. The van der Waals surface area contributed by atoms with Crippen molar-refractivity contribution in [3.8, 4) is 0 Å². The Morgan fingerprint density at radius 2 is 2.36 bits per heavy atom. The van der Waals surface area contributed by atoms with Crippen LogP contribution >= 0.6 is 12.4 Å². The van der Waals surface area contributed by atoms with E-state index < -0.39 is 0 Å². The predicted molar refractivity (Wildman–Crippen MR) is 44.7 cm³/mol. The highest BCUT2D eigenvalue weighted by atomic mass is 35.5. The van der Waals surface area contributed by atoms with Gasteiger partial charge in [-0.3, -0.25) is 4.79 Å². The first kappa shape index (κ1) is 10.1. The highest BCUT2D eigenvalue weighted by molar-refractivity contribution is 5.85. The van der Waals surface area contributed by atoms with Gasteiger partial charge in [-0.15, -0.1) is 12.4 Å². The average molecular weight is 176 g/mol. The average Bonchev–Trinajstić information content (AvgIpc) is 1.85. The van der Waals surface area contributed by atoms with Crippen LogP contribution in [0.4, 0.5) is 0 Å². The topological polar surface area (TPSA) is 71.8 Å². The summed E-state index contributed by atoms with van der Waals surface area (Å²) in [5.41, 5.74) is 5.81. The molecule has 0 saturated carbocycles. The van der Waals surface area contributed by atoms with Crippen LogP contribution in [0.2, 0.25) is 0 Å². The molecule has 62 valence electrons. The van der Waals surface area contributed by atoms with Crippen LogP contribution in [0.5, 0.6) is 0 Å². The maximum absolute atomic E-state index is 10.7. The molecule has 0 radical (unpaired) electrons. The summed E-state index contributed by atoms with van der Waals surface area (Å²) in [5.74, 6) is 0.532. The third kappa shape index (κ3) is 2.69. The molecule has 0 aliphatic rings. The van der Waals surface area contributed by atoms with Gasteiger partial charge in [-0.25, -0.2) is 4.98 Å². The Morgan fingerprint density at radius 1 is 1.73 bits per heavy atom. The molecule has 5 heteroatoms. The highest BCUT2D eigenvalue weighted by Crippen LogP contribution is 1.86. The number of nitrogens with zero attached hydrogens (tertiary/aromatic N) is 1. The van der Waals surface area contributed by atoms with Crippen molar-refractivity contribution in [2.24, 2.45) is 5.73 Å². The standard InChI is InChI=1S/C6H9N3O.ClH/c1-4-2-6(10)9-5(3-7)8-4;/h2H,3,7H2,1H3,(H,8,9,10);1H. The second kappa shape index (κ2) is 4.10. The first-order valence-corrected chi connectivity index (χ1v) is 2.99. The smallest absolute Gasteiger partial charge is 0.251 e. The number of halogens is 1. The van der Waals surface area contributed by atoms with Crippen molar-refractivity contribution >= 4 is 12.4 Å². The molecule has 1 heterocycles. The van der Waals surface area contributed by atoms with E-state index in [9.17, 15) is 4.79 Å². The molecule has 1 aromatic rings. The summed E-state index contributed by atoms with van der Waals surface area (Å²) >= 11 is 0. The van der Waals surface area contributed by atoms with Crippen molar-refractivity contribution in [2.45, 2.75) is 13.5 Å². The fraction of sp³-hybridized carbons (Fsp3) is 0.333. The van der Waals surface area contributed by atoms with E-state index in [2.05, 4.69) is 9.97 Å². The molecular weight excluding hydrogens is 166 g/mol. The number of rotatable bonds is 1. The van der Waals surface area contributed by atoms with Crippen molar-refractivity contribution in [1.29, 1.82) is 0 Å². The van der Waals surface area contributed by atoms with Crippen molar-refractivity contribution in [2.75, 3.05) is 0 Å². The monoisotopic (exact) mass is 175 g/mol. The molecule has 0 saturated heterocycles. The molecule has 0 bridgehead atoms. The number of aromatic amines is 1. The Kier molecular flexibility index (Phi) is 3.78. The Labute approximate surface area is 70.3 Å². The molecule has 0 unspecified atom stereocenters. The lowest BCUT2D eigenvalue weighted by Crippen LogP contribution is -2.13. The molecule has 4 nitrogen and oxygen atoms in total. The van der Waals surface area contributed by atoms with E-state index >= 15 is 0 Å². The van der Waals surface area contributed by atoms with Crippen LogP contribution in [0.15, 0.2) is 10.9 Å². The van der Waals surface area contributed by atoms with Gasteiger partial charge in [0.1, 0.15) is 5.82 Å². The lowest BCUT2D eigenvalue weighted by Gasteiger charge is -1.95. The Hall–Kier alpha value is -0.870. The van der Waals surface area contributed by atoms with Gasteiger partial charge in [0.25, 0.3) is 5.56 Å². The normalized spacial score (nSPS) is 8.91. The van der Waals surface area contributed by atoms with Crippen molar-refractivity contribution < 1.29 is 0 Å². The van der Waals surface area contributed by atoms with E-state index in [0.29, 0.717) is 11.5 Å². The van der Waals surface area contributed by atoms with Gasteiger partial charge in [0.15, 0.2) is 0 Å². The molecule has 0 atom stereocenters. The summed E-state index contributed by atoms with van der Waals surface area (Å²) in [6.07, 6.45) is 0. The lowest BCUT2D eigenvalue weighted by molar-refractivity contribution is 0.875. The summed E-state index contributed by atoms with van der Waals surface area (Å²) in [5, 5.41) is 0. The summed E-state index contributed by atoms with van der Waals surface area (Å²) in [6.45, 7) is 2.03. The number of nitrogens with two attached hydrogens (primary N) is 1. The van der Waals surface area contributed by atoms with Gasteiger partial charge in [0.05, 0.1) is 6.54 Å². The van der Waals surface area contributed by atoms with Crippen LogP contribution in [-0.2, 0) is 6.54 Å². The van der Waals surface area contributed by atoms with Crippen LogP contribution in [-0.4, -0.2) is 9.97 Å². The van der Waals surface area contributed by atoms with Crippen molar-refractivity contribution in [3.05, 3.63) is 27.9 Å². The molecule has 0 amide bonds. The minimum Gasteiger partial charge on any atom is -0.324 e. The van der Waals surface area contributed by atoms with E-state index in [1.807, 2.05) is 0 Å². The zero-order valence-electron chi connectivity index (χ0n) is 6.13. The zero-order chi connectivity index (χ0) is 7.56. The molecular formula is C6H10ClN3O. The van der Waals surface area contributed by atoms with E-state index in [4.69, 9.17) is 5.73 Å². The summed E-state index contributed by atoms with van der Waals surface area (Å²) in [6, 6.07) is 1.43. The van der Waals surface area contributed by atoms with Gasteiger partial charge in [0, 0.05) is 11.8 Å². The maximum atomic E-state index is 10.7. The molecule has 1 aromatic heterocycles. The maximum Gasteiger partial charge on any atom is 0.251 e. The van der Waals surface area contributed by atoms with Gasteiger partial charge in [-0.05, 0) is 6.92 Å². The molecule has 3 N–H and O–H groups in total. The van der Waals surface area contributed by atoms with Crippen LogP contribution in [0, 0.1) is 6.92 Å². The third-order valence-electron chi connectivity index (χ3n) is 1.11. The van der Waals surface area contributed by atoms with Gasteiger partial charge in [0.2, 0.25) is 0 Å². The third-order valence-corrected chi connectivity index (χ3v) is 1.11. The number of hydrogen-bond acceptors (Lipinski definition) is 3. The van der Waals surface area contributed by atoms with Crippen molar-refractivity contribution in [1.82, 2.24) is 9.97 Å². The fourth-order valence-corrected chi connectivity index (χ4v) is 0.738. The van der Waals surface area contributed by atoms with Gasteiger partial charge in [-0.2, -0.15) is 0 Å². The predicted octanol–water partition coefficient (Wildman–Crippen LogP) is -0.0412. The van der Waals surface area contributed by atoms with E-state index in [0.717, 1.165) is 0 Å². The van der Waals surface area contributed by atoms with Gasteiger partial charge in [-0.1, -0.05) is 0 Å². The number of nitrogens with one attached hydrogen (secondary N) is 1. The van der Waals surface area contributed by atoms with Gasteiger partial charge < -0.3 is 10.7 Å². The Balaban J connectivity index is 0.000001000. The minimum absolute atomic E-state index is 0. The fourth-order valence-electron chi connectivity index (χ4n) is 0.738.